The van der Waals surface area contributed by atoms with Crippen LogP contribution in [0.5, 0.6) is 0 Å². The van der Waals surface area contributed by atoms with Gasteiger partial charge in [-0.3, -0.25) is 9.48 Å². The quantitative estimate of drug-likeness (QED) is 0.829. The lowest BCUT2D eigenvalue weighted by Gasteiger charge is -2.26. The molecule has 1 N–H and O–H groups in total. The highest BCUT2D eigenvalue weighted by Crippen LogP contribution is 2.11. The number of carbonyl (C=O) groups is 2. The van der Waals surface area contributed by atoms with Crippen molar-refractivity contribution in [1.82, 2.24) is 19.7 Å². The van der Waals surface area contributed by atoms with E-state index >= 15 is 0 Å². The van der Waals surface area contributed by atoms with Crippen molar-refractivity contribution in [2.24, 2.45) is 0 Å². The van der Waals surface area contributed by atoms with Crippen LogP contribution in [0.3, 0.4) is 0 Å². The first-order valence-corrected chi connectivity index (χ1v) is 6.96. The molecule has 0 saturated carbocycles. The summed E-state index contributed by atoms with van der Waals surface area (Å²) in [5, 5.41) is 13.1. The summed E-state index contributed by atoms with van der Waals surface area (Å²) in [4.78, 5) is 28.8. The molecule has 1 heterocycles. The summed E-state index contributed by atoms with van der Waals surface area (Å²) in [6, 6.07) is 8.44. The fraction of sp³-hybridized carbons (Fsp3) is 0.333. The second-order valence-corrected chi connectivity index (χ2v) is 4.93. The lowest BCUT2D eigenvalue weighted by atomic mass is 10.1. The van der Waals surface area contributed by atoms with Crippen LogP contribution in [-0.4, -0.2) is 42.7 Å². The van der Waals surface area contributed by atoms with Gasteiger partial charge < -0.3 is 10.0 Å². The van der Waals surface area contributed by atoms with Crippen molar-refractivity contribution in [3.05, 3.63) is 48.5 Å². The molecule has 0 bridgehead atoms. The molecule has 0 aliphatic rings. The topological polar surface area (TPSA) is 88.3 Å². The number of rotatable bonds is 7. The van der Waals surface area contributed by atoms with Gasteiger partial charge in [-0.1, -0.05) is 30.3 Å². The largest absolute Gasteiger partial charge is 0.480 e. The Morgan fingerprint density at radius 2 is 2.05 bits per heavy atom. The van der Waals surface area contributed by atoms with Crippen molar-refractivity contribution in [3.63, 3.8) is 0 Å². The molecule has 22 heavy (non-hydrogen) atoms. The van der Waals surface area contributed by atoms with Gasteiger partial charge in [-0.15, -0.1) is 0 Å². The zero-order valence-electron chi connectivity index (χ0n) is 12.3. The second-order valence-electron chi connectivity index (χ2n) is 4.93. The van der Waals surface area contributed by atoms with Crippen molar-refractivity contribution in [3.8, 4) is 0 Å². The number of benzene rings is 1. The van der Waals surface area contributed by atoms with E-state index in [1.807, 2.05) is 30.3 Å². The number of carboxylic acid groups (broad SMARTS) is 1. The van der Waals surface area contributed by atoms with Crippen LogP contribution in [0.1, 0.15) is 18.9 Å². The standard InChI is InChI=1S/C15H18N4O3/c1-12(15(21)22)19(9-13-5-3-2-4-6-13)14(20)7-8-18-11-16-10-17-18/h2-6,10-12H,7-9H2,1H3,(H,21,22). The van der Waals surface area contributed by atoms with Crippen LogP contribution in [0.2, 0.25) is 0 Å². The molecule has 0 fully saturated rings. The normalized spacial score (nSPS) is 11.9. The van der Waals surface area contributed by atoms with Crippen molar-refractivity contribution in [2.75, 3.05) is 0 Å². The first-order valence-electron chi connectivity index (χ1n) is 6.96. The third kappa shape index (κ3) is 4.15. The van der Waals surface area contributed by atoms with Gasteiger partial charge in [0.2, 0.25) is 5.91 Å². The lowest BCUT2D eigenvalue weighted by molar-refractivity contribution is -0.150. The van der Waals surface area contributed by atoms with E-state index in [0.29, 0.717) is 6.54 Å². The fourth-order valence-corrected chi connectivity index (χ4v) is 2.06. The summed E-state index contributed by atoms with van der Waals surface area (Å²) >= 11 is 0. The van der Waals surface area contributed by atoms with E-state index in [1.54, 1.807) is 4.68 Å². The molecule has 2 rings (SSSR count). The van der Waals surface area contributed by atoms with Crippen LogP contribution < -0.4 is 0 Å². The van der Waals surface area contributed by atoms with Crippen LogP contribution in [0.25, 0.3) is 0 Å². The van der Waals surface area contributed by atoms with E-state index in [-0.39, 0.29) is 18.9 Å². The monoisotopic (exact) mass is 302 g/mol. The highest BCUT2D eigenvalue weighted by molar-refractivity contribution is 5.83. The number of nitrogens with zero attached hydrogens (tertiary/aromatic N) is 4. The molecule has 0 spiro atoms. The smallest absolute Gasteiger partial charge is 0.326 e. The fourth-order valence-electron chi connectivity index (χ4n) is 2.06. The number of aromatic nitrogens is 3. The number of carboxylic acids is 1. The molecule has 116 valence electrons. The lowest BCUT2D eigenvalue weighted by Crippen LogP contribution is -2.43. The van der Waals surface area contributed by atoms with Crippen molar-refractivity contribution < 1.29 is 14.7 Å². The van der Waals surface area contributed by atoms with Crippen LogP contribution >= 0.6 is 0 Å². The molecule has 7 heteroatoms. The summed E-state index contributed by atoms with van der Waals surface area (Å²) in [5.74, 6) is -1.25. The van der Waals surface area contributed by atoms with E-state index in [0.717, 1.165) is 5.56 Å². The Morgan fingerprint density at radius 1 is 1.32 bits per heavy atom. The molecule has 0 aliphatic heterocycles. The minimum absolute atomic E-state index is 0.174. The second kappa shape index (κ2) is 7.35. The average Bonchev–Trinajstić information content (AvgIpc) is 3.04. The van der Waals surface area contributed by atoms with Crippen molar-refractivity contribution in [1.29, 1.82) is 0 Å². The molecule has 2 aromatic rings. The summed E-state index contributed by atoms with van der Waals surface area (Å²) in [6.07, 6.45) is 3.09. The number of hydrogen-bond donors (Lipinski definition) is 1. The molecular formula is C15H18N4O3. The van der Waals surface area contributed by atoms with Gasteiger partial charge in [-0.2, -0.15) is 5.10 Å². The Hall–Kier alpha value is -2.70. The Morgan fingerprint density at radius 3 is 2.64 bits per heavy atom. The Balaban J connectivity index is 2.06. The molecule has 0 radical (unpaired) electrons. The van der Waals surface area contributed by atoms with Gasteiger partial charge in [-0.05, 0) is 12.5 Å². The Kier molecular flexibility index (Phi) is 5.24. The number of carbonyl (C=O) groups excluding carboxylic acids is 1. The van der Waals surface area contributed by atoms with Gasteiger partial charge >= 0.3 is 5.97 Å². The van der Waals surface area contributed by atoms with Crippen LogP contribution in [0.4, 0.5) is 0 Å². The van der Waals surface area contributed by atoms with Gasteiger partial charge in [-0.25, -0.2) is 9.78 Å². The van der Waals surface area contributed by atoms with Gasteiger partial charge in [0.15, 0.2) is 0 Å². The molecule has 0 aliphatic carbocycles. The first-order chi connectivity index (χ1) is 10.6. The highest BCUT2D eigenvalue weighted by Gasteiger charge is 2.25. The highest BCUT2D eigenvalue weighted by atomic mass is 16.4. The van der Waals surface area contributed by atoms with Crippen molar-refractivity contribution >= 4 is 11.9 Å². The molecule has 1 unspecified atom stereocenters. The number of amides is 1. The van der Waals surface area contributed by atoms with E-state index in [1.165, 1.54) is 24.5 Å². The van der Waals surface area contributed by atoms with Crippen LogP contribution in [-0.2, 0) is 22.7 Å². The van der Waals surface area contributed by atoms with Crippen LogP contribution in [0.15, 0.2) is 43.0 Å². The minimum atomic E-state index is -1.02. The molecule has 1 aromatic carbocycles. The molecule has 0 saturated heterocycles. The SMILES string of the molecule is CC(C(=O)O)N(Cc1ccccc1)C(=O)CCn1cncn1. The maximum absolute atomic E-state index is 12.4. The first kappa shape index (κ1) is 15.7. The Labute approximate surface area is 128 Å². The molecule has 7 nitrogen and oxygen atoms in total. The summed E-state index contributed by atoms with van der Waals surface area (Å²) in [5.41, 5.74) is 0.893. The van der Waals surface area contributed by atoms with E-state index in [4.69, 9.17) is 0 Å². The minimum Gasteiger partial charge on any atom is -0.480 e. The predicted octanol–water partition coefficient (Wildman–Crippen LogP) is 1.17. The number of aliphatic carboxylic acids is 1. The molecular weight excluding hydrogens is 284 g/mol. The third-order valence-electron chi connectivity index (χ3n) is 3.36. The van der Waals surface area contributed by atoms with E-state index in [9.17, 15) is 14.7 Å². The summed E-state index contributed by atoms with van der Waals surface area (Å²) in [6.45, 7) is 2.15. The number of hydrogen-bond acceptors (Lipinski definition) is 4. The van der Waals surface area contributed by atoms with Gasteiger partial charge in [0.1, 0.15) is 18.7 Å². The number of aryl methyl sites for hydroxylation is 1. The predicted molar refractivity (Wildman–Crippen MR) is 78.7 cm³/mol. The van der Waals surface area contributed by atoms with Gasteiger partial charge in [0.05, 0.1) is 6.54 Å². The molecule has 1 amide bonds. The zero-order valence-corrected chi connectivity index (χ0v) is 12.3. The maximum Gasteiger partial charge on any atom is 0.326 e. The third-order valence-corrected chi connectivity index (χ3v) is 3.36. The zero-order chi connectivity index (χ0) is 15.9. The summed E-state index contributed by atoms with van der Waals surface area (Å²) in [7, 11) is 0. The Bertz CT molecular complexity index is 613. The van der Waals surface area contributed by atoms with E-state index in [2.05, 4.69) is 10.1 Å². The maximum atomic E-state index is 12.4. The van der Waals surface area contributed by atoms with E-state index < -0.39 is 12.0 Å². The summed E-state index contributed by atoms with van der Waals surface area (Å²) < 4.78 is 1.55. The molecule has 1 atom stereocenters. The van der Waals surface area contributed by atoms with Crippen LogP contribution in [0, 0.1) is 0 Å². The average molecular weight is 302 g/mol. The van der Waals surface area contributed by atoms with Gasteiger partial charge in [0.25, 0.3) is 0 Å². The molecule has 1 aromatic heterocycles. The van der Waals surface area contributed by atoms with Gasteiger partial charge in [0, 0.05) is 13.0 Å². The van der Waals surface area contributed by atoms with Crippen molar-refractivity contribution in [2.45, 2.75) is 32.5 Å².